The Kier molecular flexibility index (Phi) is 4.64. The fourth-order valence-electron chi connectivity index (χ4n) is 3.32. The number of aryl methyl sites for hydroxylation is 2. The van der Waals surface area contributed by atoms with Gasteiger partial charge in [0.05, 0.1) is 10.6 Å². The van der Waals surface area contributed by atoms with E-state index in [1.165, 1.54) is 28.6 Å². The van der Waals surface area contributed by atoms with Crippen LogP contribution in [0.15, 0.2) is 65.7 Å². The summed E-state index contributed by atoms with van der Waals surface area (Å²) >= 11 is 0. The summed E-state index contributed by atoms with van der Waals surface area (Å²) in [5.74, 6) is 0.0973. The summed E-state index contributed by atoms with van der Waals surface area (Å²) in [6.45, 7) is 0.446. The molecule has 1 N–H and O–H groups in total. The molecular weight excluding hydrogens is 376 g/mol. The van der Waals surface area contributed by atoms with E-state index in [2.05, 4.69) is 10.4 Å². The van der Waals surface area contributed by atoms with Crippen molar-refractivity contribution in [1.82, 2.24) is 9.78 Å². The SMILES string of the molecule is Cn1ccc(NC(=O)c2ccc(S(=O)(=O)N3CCCc4ccccc43)cc2)n1. The molecule has 2 aromatic carbocycles. The van der Waals surface area contributed by atoms with Gasteiger partial charge < -0.3 is 5.32 Å². The van der Waals surface area contributed by atoms with E-state index in [0.29, 0.717) is 17.9 Å². The zero-order valence-electron chi connectivity index (χ0n) is 15.4. The zero-order chi connectivity index (χ0) is 19.7. The molecule has 1 aliphatic heterocycles. The fraction of sp³-hybridized carbons (Fsp3) is 0.200. The largest absolute Gasteiger partial charge is 0.305 e. The van der Waals surface area contributed by atoms with E-state index in [9.17, 15) is 13.2 Å². The average molecular weight is 396 g/mol. The van der Waals surface area contributed by atoms with Crippen LogP contribution in [0.1, 0.15) is 22.3 Å². The van der Waals surface area contributed by atoms with Crippen molar-refractivity contribution in [3.8, 4) is 0 Å². The highest BCUT2D eigenvalue weighted by atomic mass is 32.2. The van der Waals surface area contributed by atoms with Crippen molar-refractivity contribution in [2.75, 3.05) is 16.2 Å². The van der Waals surface area contributed by atoms with Gasteiger partial charge in [0.1, 0.15) is 0 Å². The standard InChI is InChI=1S/C20H20N4O3S/c1-23-14-12-19(22-23)21-20(25)16-8-10-17(11-9-16)28(26,27)24-13-4-6-15-5-2-3-7-18(15)24/h2-3,5,7-12,14H,4,6,13H2,1H3,(H,21,22,25). The maximum absolute atomic E-state index is 13.1. The van der Waals surface area contributed by atoms with Crippen LogP contribution in [0.2, 0.25) is 0 Å². The van der Waals surface area contributed by atoms with E-state index in [-0.39, 0.29) is 10.8 Å². The molecule has 0 aliphatic carbocycles. The smallest absolute Gasteiger partial charge is 0.264 e. The lowest BCUT2D eigenvalue weighted by Crippen LogP contribution is -2.35. The molecule has 0 spiro atoms. The zero-order valence-corrected chi connectivity index (χ0v) is 16.2. The molecule has 3 aromatic rings. The van der Waals surface area contributed by atoms with Crippen LogP contribution in [0.5, 0.6) is 0 Å². The second kappa shape index (κ2) is 7.12. The van der Waals surface area contributed by atoms with Crippen LogP contribution in [-0.4, -0.2) is 30.7 Å². The summed E-state index contributed by atoms with van der Waals surface area (Å²) < 4.78 is 29.3. The van der Waals surface area contributed by atoms with Crippen LogP contribution in [0.4, 0.5) is 11.5 Å². The second-order valence-electron chi connectivity index (χ2n) is 6.66. The molecule has 0 fully saturated rings. The minimum atomic E-state index is -3.69. The van der Waals surface area contributed by atoms with Gasteiger partial charge in [-0.25, -0.2) is 8.42 Å². The third kappa shape index (κ3) is 3.38. The number of hydrogen-bond donors (Lipinski definition) is 1. The van der Waals surface area contributed by atoms with Crippen LogP contribution in [0.3, 0.4) is 0 Å². The highest BCUT2D eigenvalue weighted by Crippen LogP contribution is 2.31. The van der Waals surface area contributed by atoms with Crippen LogP contribution in [0.25, 0.3) is 0 Å². The number of sulfonamides is 1. The van der Waals surface area contributed by atoms with Gasteiger partial charge in [-0.15, -0.1) is 0 Å². The highest BCUT2D eigenvalue weighted by molar-refractivity contribution is 7.92. The number of nitrogens with zero attached hydrogens (tertiary/aromatic N) is 3. The molecule has 1 aliphatic rings. The predicted molar refractivity (Wildman–Crippen MR) is 107 cm³/mol. The van der Waals surface area contributed by atoms with Crippen molar-refractivity contribution in [3.63, 3.8) is 0 Å². The molecular formula is C20H20N4O3S. The molecule has 8 heteroatoms. The Morgan fingerprint density at radius 2 is 1.82 bits per heavy atom. The Balaban J connectivity index is 1.57. The third-order valence-corrected chi connectivity index (χ3v) is 6.55. The van der Waals surface area contributed by atoms with Crippen LogP contribution < -0.4 is 9.62 Å². The van der Waals surface area contributed by atoms with Gasteiger partial charge in [-0.3, -0.25) is 13.8 Å². The highest BCUT2D eigenvalue weighted by Gasteiger charge is 2.28. The molecule has 0 saturated carbocycles. The van der Waals surface area contributed by atoms with E-state index in [0.717, 1.165) is 24.1 Å². The maximum Gasteiger partial charge on any atom is 0.264 e. The molecule has 28 heavy (non-hydrogen) atoms. The lowest BCUT2D eigenvalue weighted by atomic mass is 10.0. The van der Waals surface area contributed by atoms with E-state index in [1.807, 2.05) is 24.3 Å². The van der Waals surface area contributed by atoms with Gasteiger partial charge in [-0.05, 0) is 48.7 Å². The molecule has 0 bridgehead atoms. The molecule has 0 radical (unpaired) electrons. The summed E-state index contributed by atoms with van der Waals surface area (Å²) in [6.07, 6.45) is 3.37. The van der Waals surface area contributed by atoms with Crippen molar-refractivity contribution < 1.29 is 13.2 Å². The van der Waals surface area contributed by atoms with Gasteiger partial charge in [-0.1, -0.05) is 18.2 Å². The average Bonchev–Trinajstić information content (AvgIpc) is 3.12. The van der Waals surface area contributed by atoms with E-state index >= 15 is 0 Å². The molecule has 0 atom stereocenters. The van der Waals surface area contributed by atoms with E-state index in [4.69, 9.17) is 0 Å². The van der Waals surface area contributed by atoms with Crippen molar-refractivity contribution in [2.45, 2.75) is 17.7 Å². The summed E-state index contributed by atoms with van der Waals surface area (Å²) in [5.41, 5.74) is 2.12. The van der Waals surface area contributed by atoms with Crippen molar-refractivity contribution in [2.24, 2.45) is 7.05 Å². The molecule has 7 nitrogen and oxygen atoms in total. The fourth-order valence-corrected chi connectivity index (χ4v) is 4.87. The Morgan fingerprint density at radius 1 is 1.07 bits per heavy atom. The van der Waals surface area contributed by atoms with Crippen LogP contribution in [-0.2, 0) is 23.5 Å². The number of benzene rings is 2. The van der Waals surface area contributed by atoms with Gasteiger partial charge in [0.25, 0.3) is 15.9 Å². The Morgan fingerprint density at radius 3 is 2.54 bits per heavy atom. The summed E-state index contributed by atoms with van der Waals surface area (Å²) in [6, 6.07) is 15.2. The summed E-state index contributed by atoms with van der Waals surface area (Å²) in [4.78, 5) is 12.5. The topological polar surface area (TPSA) is 84.3 Å². The molecule has 0 unspecified atom stereocenters. The number of rotatable bonds is 4. The summed E-state index contributed by atoms with van der Waals surface area (Å²) in [5, 5.41) is 6.78. The van der Waals surface area contributed by atoms with Gasteiger partial charge in [0, 0.05) is 31.4 Å². The number of hydrogen-bond acceptors (Lipinski definition) is 4. The Labute approximate surface area is 163 Å². The third-order valence-electron chi connectivity index (χ3n) is 4.73. The van der Waals surface area contributed by atoms with Crippen LogP contribution >= 0.6 is 0 Å². The molecule has 144 valence electrons. The Bertz CT molecular complexity index is 1120. The quantitative estimate of drug-likeness (QED) is 0.735. The number of carbonyl (C=O) groups excluding carboxylic acids is 1. The molecule has 4 rings (SSSR count). The van der Waals surface area contributed by atoms with E-state index in [1.54, 1.807) is 24.0 Å². The number of amides is 1. The molecule has 0 saturated heterocycles. The number of anilines is 2. The van der Waals surface area contributed by atoms with Gasteiger partial charge in [-0.2, -0.15) is 5.10 Å². The first kappa shape index (κ1) is 18.2. The first-order chi connectivity index (χ1) is 13.4. The molecule has 2 heterocycles. The number of nitrogens with one attached hydrogen (secondary N) is 1. The first-order valence-electron chi connectivity index (χ1n) is 8.97. The first-order valence-corrected chi connectivity index (χ1v) is 10.4. The minimum absolute atomic E-state index is 0.165. The minimum Gasteiger partial charge on any atom is -0.305 e. The molecule has 1 amide bonds. The number of carbonyl (C=O) groups is 1. The lowest BCUT2D eigenvalue weighted by Gasteiger charge is -2.30. The predicted octanol–water partition coefficient (Wildman–Crippen LogP) is 2.81. The van der Waals surface area contributed by atoms with Gasteiger partial charge in [0.15, 0.2) is 5.82 Å². The Hall–Kier alpha value is -3.13. The molecule has 1 aromatic heterocycles. The maximum atomic E-state index is 13.1. The van der Waals surface area contributed by atoms with Gasteiger partial charge in [0.2, 0.25) is 0 Å². The normalized spacial score (nSPS) is 13.8. The summed E-state index contributed by atoms with van der Waals surface area (Å²) in [7, 11) is -1.93. The second-order valence-corrected chi connectivity index (χ2v) is 8.52. The number of fused-ring (bicyclic) bond motifs is 1. The lowest BCUT2D eigenvalue weighted by molar-refractivity contribution is 0.102. The van der Waals surface area contributed by atoms with Crippen molar-refractivity contribution in [1.29, 1.82) is 0 Å². The van der Waals surface area contributed by atoms with Crippen molar-refractivity contribution in [3.05, 3.63) is 71.9 Å². The number of para-hydroxylation sites is 1. The van der Waals surface area contributed by atoms with Gasteiger partial charge >= 0.3 is 0 Å². The van der Waals surface area contributed by atoms with E-state index < -0.39 is 10.0 Å². The van der Waals surface area contributed by atoms with Crippen molar-refractivity contribution >= 4 is 27.4 Å². The number of aromatic nitrogens is 2. The monoisotopic (exact) mass is 396 g/mol. The van der Waals surface area contributed by atoms with Crippen LogP contribution in [0, 0.1) is 0 Å².